The monoisotopic (exact) mass is 339 g/mol. The Labute approximate surface area is 140 Å². The summed E-state index contributed by atoms with van der Waals surface area (Å²) in [5.74, 6) is -0.543. The average Bonchev–Trinajstić information content (AvgIpc) is 2.97. The highest BCUT2D eigenvalue weighted by molar-refractivity contribution is 7.09. The molecule has 0 aliphatic heterocycles. The van der Waals surface area contributed by atoms with Gasteiger partial charge >= 0.3 is 12.0 Å². The molecule has 1 aromatic heterocycles. The minimum Gasteiger partial charge on any atom is -0.481 e. The fourth-order valence-electron chi connectivity index (χ4n) is 2.73. The lowest BCUT2D eigenvalue weighted by Gasteiger charge is -2.26. The first-order valence-electron chi connectivity index (χ1n) is 8.17. The lowest BCUT2D eigenvalue weighted by Crippen LogP contribution is -2.44. The Morgan fingerprint density at radius 1 is 1.35 bits per heavy atom. The zero-order valence-electron chi connectivity index (χ0n) is 13.7. The lowest BCUT2D eigenvalue weighted by molar-refractivity contribution is -0.142. The molecule has 128 valence electrons. The molecule has 0 saturated heterocycles. The Kier molecular flexibility index (Phi) is 6.38. The van der Waals surface area contributed by atoms with Crippen molar-refractivity contribution in [3.05, 3.63) is 16.1 Å². The second-order valence-corrected chi connectivity index (χ2v) is 7.26. The normalized spacial score (nSPS) is 21.2. The third-order valence-corrected chi connectivity index (χ3v) is 5.34. The summed E-state index contributed by atoms with van der Waals surface area (Å²) in [5.41, 5.74) is 1.01. The van der Waals surface area contributed by atoms with Crippen molar-refractivity contribution in [3.8, 4) is 0 Å². The van der Waals surface area contributed by atoms with E-state index in [4.69, 9.17) is 5.11 Å². The predicted molar refractivity (Wildman–Crippen MR) is 89.8 cm³/mol. The maximum Gasteiger partial charge on any atom is 0.315 e. The predicted octanol–water partition coefficient (Wildman–Crippen LogP) is 2.75. The van der Waals surface area contributed by atoms with Crippen LogP contribution < -0.4 is 10.6 Å². The molecular weight excluding hydrogens is 314 g/mol. The van der Waals surface area contributed by atoms with Gasteiger partial charge in [-0.2, -0.15) is 0 Å². The summed E-state index contributed by atoms with van der Waals surface area (Å²) in [4.78, 5) is 27.3. The van der Waals surface area contributed by atoms with E-state index in [1.165, 1.54) is 0 Å². The molecule has 1 saturated carbocycles. The maximum absolute atomic E-state index is 11.9. The van der Waals surface area contributed by atoms with Crippen LogP contribution in [0.1, 0.15) is 56.2 Å². The van der Waals surface area contributed by atoms with Gasteiger partial charge in [0.2, 0.25) is 0 Å². The van der Waals surface area contributed by atoms with Crippen LogP contribution in [-0.4, -0.2) is 34.7 Å². The maximum atomic E-state index is 11.9. The first-order chi connectivity index (χ1) is 11.0. The van der Waals surface area contributed by atoms with Gasteiger partial charge in [0.1, 0.15) is 0 Å². The van der Waals surface area contributed by atoms with Crippen LogP contribution in [-0.2, 0) is 11.2 Å². The van der Waals surface area contributed by atoms with Crippen LogP contribution in [0, 0.1) is 5.92 Å². The van der Waals surface area contributed by atoms with Crippen molar-refractivity contribution < 1.29 is 14.7 Å². The van der Waals surface area contributed by atoms with E-state index in [0.717, 1.165) is 30.0 Å². The molecule has 1 aliphatic carbocycles. The smallest absolute Gasteiger partial charge is 0.315 e. The van der Waals surface area contributed by atoms with Crippen LogP contribution in [0.15, 0.2) is 5.38 Å². The molecule has 0 aromatic carbocycles. The number of carboxylic acid groups (broad SMARTS) is 1. The number of hydrogen-bond donors (Lipinski definition) is 3. The highest BCUT2D eigenvalue weighted by atomic mass is 32.1. The molecule has 6 nitrogen and oxygen atoms in total. The molecule has 0 spiro atoms. The van der Waals surface area contributed by atoms with Crippen molar-refractivity contribution >= 4 is 23.3 Å². The van der Waals surface area contributed by atoms with Gasteiger partial charge in [0.15, 0.2) is 0 Å². The zero-order valence-corrected chi connectivity index (χ0v) is 14.5. The van der Waals surface area contributed by atoms with E-state index in [1.807, 2.05) is 5.38 Å². The molecule has 2 amide bonds. The van der Waals surface area contributed by atoms with Gasteiger partial charge in [-0.3, -0.25) is 4.79 Å². The largest absolute Gasteiger partial charge is 0.481 e. The molecule has 23 heavy (non-hydrogen) atoms. The Hall–Kier alpha value is -1.63. The standard InChI is InChI=1S/C16H25N3O3S/c1-10(2)14-18-13(9-23-14)7-8-17-16(22)19-12-5-3-11(4-6-12)15(20)21/h9-12H,3-8H2,1-2H3,(H,20,21)(H2,17,19,22). The van der Waals surface area contributed by atoms with E-state index in [9.17, 15) is 9.59 Å². The van der Waals surface area contributed by atoms with Crippen molar-refractivity contribution in [2.24, 2.45) is 5.92 Å². The quantitative estimate of drug-likeness (QED) is 0.743. The summed E-state index contributed by atoms with van der Waals surface area (Å²) in [5, 5.41) is 17.9. The van der Waals surface area contributed by atoms with Crippen LogP contribution in [0.25, 0.3) is 0 Å². The van der Waals surface area contributed by atoms with E-state index in [2.05, 4.69) is 29.5 Å². The average molecular weight is 339 g/mol. The highest BCUT2D eigenvalue weighted by Gasteiger charge is 2.26. The Morgan fingerprint density at radius 3 is 2.61 bits per heavy atom. The van der Waals surface area contributed by atoms with Gasteiger partial charge in [-0.25, -0.2) is 9.78 Å². The van der Waals surface area contributed by atoms with Crippen LogP contribution >= 0.6 is 11.3 Å². The number of amides is 2. The Balaban J connectivity index is 1.64. The number of nitrogens with zero attached hydrogens (tertiary/aromatic N) is 1. The molecule has 0 bridgehead atoms. The molecule has 0 unspecified atom stereocenters. The molecule has 1 aromatic rings. The number of rotatable bonds is 6. The zero-order chi connectivity index (χ0) is 16.8. The van der Waals surface area contributed by atoms with E-state index < -0.39 is 5.97 Å². The van der Waals surface area contributed by atoms with Gasteiger partial charge < -0.3 is 15.7 Å². The summed E-state index contributed by atoms with van der Waals surface area (Å²) in [6.07, 6.45) is 3.46. The topological polar surface area (TPSA) is 91.3 Å². The molecular formula is C16H25N3O3S. The number of urea groups is 1. The Morgan fingerprint density at radius 2 is 2.04 bits per heavy atom. The second-order valence-electron chi connectivity index (χ2n) is 6.37. The number of aliphatic carboxylic acids is 1. The minimum atomic E-state index is -0.725. The number of aromatic nitrogens is 1. The van der Waals surface area contributed by atoms with Crippen LogP contribution in [0.3, 0.4) is 0 Å². The van der Waals surface area contributed by atoms with Gasteiger partial charge in [0.25, 0.3) is 0 Å². The number of thiazole rings is 1. The summed E-state index contributed by atoms with van der Waals surface area (Å²) < 4.78 is 0. The minimum absolute atomic E-state index is 0.0809. The van der Waals surface area contributed by atoms with Gasteiger partial charge in [-0.1, -0.05) is 13.8 Å². The van der Waals surface area contributed by atoms with E-state index in [1.54, 1.807) is 11.3 Å². The molecule has 0 radical (unpaired) electrons. The first-order valence-corrected chi connectivity index (χ1v) is 9.05. The third kappa shape index (κ3) is 5.49. The van der Waals surface area contributed by atoms with Crippen molar-refractivity contribution in [1.82, 2.24) is 15.6 Å². The summed E-state index contributed by atoms with van der Waals surface area (Å²) in [6.45, 7) is 4.79. The summed E-state index contributed by atoms with van der Waals surface area (Å²) in [6, 6.07) is -0.0968. The number of hydrogen-bond acceptors (Lipinski definition) is 4. The first kappa shape index (κ1) is 17.7. The van der Waals surface area contributed by atoms with Crippen LogP contribution in [0.5, 0.6) is 0 Å². The third-order valence-electron chi connectivity index (χ3n) is 4.14. The molecule has 2 rings (SSSR count). The molecule has 3 N–H and O–H groups in total. The van der Waals surface area contributed by atoms with E-state index in [0.29, 0.717) is 25.3 Å². The van der Waals surface area contributed by atoms with Gasteiger partial charge in [0, 0.05) is 30.3 Å². The van der Waals surface area contributed by atoms with Crippen molar-refractivity contribution in [1.29, 1.82) is 0 Å². The highest BCUT2D eigenvalue weighted by Crippen LogP contribution is 2.24. The van der Waals surface area contributed by atoms with Crippen molar-refractivity contribution in [2.75, 3.05) is 6.54 Å². The molecule has 0 atom stereocenters. The van der Waals surface area contributed by atoms with Crippen LogP contribution in [0.2, 0.25) is 0 Å². The number of carbonyl (C=O) groups is 2. The van der Waals surface area contributed by atoms with Gasteiger partial charge in [0.05, 0.1) is 16.6 Å². The van der Waals surface area contributed by atoms with Crippen molar-refractivity contribution in [2.45, 2.75) is 57.9 Å². The fourth-order valence-corrected chi connectivity index (χ4v) is 3.60. The molecule has 1 fully saturated rings. The number of carbonyl (C=O) groups excluding carboxylic acids is 1. The number of carboxylic acids is 1. The molecule has 7 heteroatoms. The second kappa shape index (κ2) is 8.29. The SMILES string of the molecule is CC(C)c1nc(CCNC(=O)NC2CCC(C(=O)O)CC2)cs1. The number of nitrogens with one attached hydrogen (secondary N) is 2. The van der Waals surface area contributed by atoms with Crippen LogP contribution in [0.4, 0.5) is 4.79 Å². The Bertz CT molecular complexity index is 536. The van der Waals surface area contributed by atoms with E-state index in [-0.39, 0.29) is 18.0 Å². The fraction of sp³-hybridized carbons (Fsp3) is 0.688. The summed E-state index contributed by atoms with van der Waals surface area (Å²) >= 11 is 1.66. The van der Waals surface area contributed by atoms with Gasteiger partial charge in [-0.15, -0.1) is 11.3 Å². The van der Waals surface area contributed by atoms with E-state index >= 15 is 0 Å². The van der Waals surface area contributed by atoms with Crippen molar-refractivity contribution in [3.63, 3.8) is 0 Å². The molecule has 1 aliphatic rings. The lowest BCUT2D eigenvalue weighted by atomic mass is 9.86. The summed E-state index contributed by atoms with van der Waals surface area (Å²) in [7, 11) is 0. The van der Waals surface area contributed by atoms with Gasteiger partial charge in [-0.05, 0) is 25.7 Å². The molecule has 1 heterocycles.